The van der Waals surface area contributed by atoms with E-state index >= 15 is 8.78 Å². The predicted octanol–water partition coefficient (Wildman–Crippen LogP) is 8.24. The first-order valence-electron chi connectivity index (χ1n) is 16.7. The molecule has 1 heterocycles. The summed E-state index contributed by atoms with van der Waals surface area (Å²) < 4.78 is 51.9. The summed E-state index contributed by atoms with van der Waals surface area (Å²) in [5, 5.41) is 4.01. The van der Waals surface area contributed by atoms with Crippen LogP contribution >= 0.6 is 23.2 Å². The second-order valence-corrected chi connectivity index (χ2v) is 15.8. The number of hydrogen-bond donors (Lipinski definition) is 1. The number of alkyl halides is 2. The first-order valence-corrected chi connectivity index (χ1v) is 17.4. The third kappa shape index (κ3) is 5.13. The molecule has 5 aliphatic rings. The van der Waals surface area contributed by atoms with E-state index in [1.807, 2.05) is 6.92 Å². The van der Waals surface area contributed by atoms with Gasteiger partial charge in [-0.05, 0) is 93.9 Å². The third-order valence-corrected chi connectivity index (χ3v) is 12.6. The lowest BCUT2D eigenvalue weighted by atomic mass is 9.45. The van der Waals surface area contributed by atoms with Gasteiger partial charge in [0, 0.05) is 22.4 Å². The zero-order valence-corrected chi connectivity index (χ0v) is 29.3. The smallest absolute Gasteiger partial charge is 0.310 e. The first kappa shape index (κ1) is 34.3. The Balaban J connectivity index is 1.12. The van der Waals surface area contributed by atoms with Crippen LogP contribution in [0.5, 0.6) is 0 Å². The highest BCUT2D eigenvalue weighted by atomic mass is 35.5. The molecule has 7 rings (SSSR count). The van der Waals surface area contributed by atoms with E-state index in [0.29, 0.717) is 27.0 Å². The maximum absolute atomic E-state index is 17.5. The summed E-state index contributed by atoms with van der Waals surface area (Å²) in [4.78, 5) is 39.8. The quantitative estimate of drug-likeness (QED) is 0.289. The summed E-state index contributed by atoms with van der Waals surface area (Å²) in [5.74, 6) is -3.81. The van der Waals surface area contributed by atoms with Crippen LogP contribution in [0.1, 0.15) is 58.9 Å². The number of hydrogen-bond acceptors (Lipinski definition) is 7. The van der Waals surface area contributed by atoms with Crippen molar-refractivity contribution >= 4 is 52.1 Å². The van der Waals surface area contributed by atoms with E-state index in [4.69, 9.17) is 37.4 Å². The molecule has 0 aromatic heterocycles. The van der Waals surface area contributed by atoms with E-state index in [0.717, 1.165) is 0 Å². The second kappa shape index (κ2) is 11.7. The van der Waals surface area contributed by atoms with E-state index in [9.17, 15) is 14.4 Å². The number of halogens is 4. The molecule has 11 heteroatoms. The molecule has 4 unspecified atom stereocenters. The van der Waals surface area contributed by atoms with Crippen LogP contribution in [0.4, 0.5) is 20.2 Å². The molecule has 4 aliphatic carbocycles. The Morgan fingerprint density at radius 3 is 2.45 bits per heavy atom. The number of rotatable bonds is 7. The van der Waals surface area contributed by atoms with Gasteiger partial charge in [-0.3, -0.25) is 14.4 Å². The van der Waals surface area contributed by atoms with E-state index in [-0.39, 0.29) is 43.5 Å². The van der Waals surface area contributed by atoms with Crippen LogP contribution in [0.15, 0.2) is 66.3 Å². The molecular weight excluding hydrogens is 675 g/mol. The van der Waals surface area contributed by atoms with E-state index in [1.165, 1.54) is 18.2 Å². The number of esters is 1. The number of para-hydroxylation sites is 2. The molecule has 3 saturated carbocycles. The van der Waals surface area contributed by atoms with Gasteiger partial charge in [0.1, 0.15) is 11.8 Å². The lowest BCUT2D eigenvalue weighted by Crippen LogP contribution is -2.66. The van der Waals surface area contributed by atoms with Gasteiger partial charge in [0.15, 0.2) is 23.8 Å². The lowest BCUT2D eigenvalue weighted by molar-refractivity contribution is -0.226. The minimum atomic E-state index is -1.84. The molecule has 0 bridgehead atoms. The summed E-state index contributed by atoms with van der Waals surface area (Å²) in [6.07, 6.45) is 2.16. The normalized spacial score (nSPS) is 37.0. The standard InChI is InChI=1S/C38H39Cl2F2NO6/c1-34(2)48-31-19-23-24-18-28(41)25-17-22(44)12-13-35(25,3)37(24,42)15-14-36(23,4)38(31,49-34)30(45)20-47-32(46)16-21-8-5-6-11-29(21)43-33-26(39)9-7-10-27(33)40/h5-13,17,23-24,28,31,43H,14-16,18-20H2,1-4H3/t23?,24?,28-,31+,35?,36?,37+,38+/m0/s1. The first-order chi connectivity index (χ1) is 23.0. The maximum atomic E-state index is 17.5. The Morgan fingerprint density at radius 2 is 1.71 bits per heavy atom. The van der Waals surface area contributed by atoms with Crippen LogP contribution in [-0.4, -0.2) is 53.5 Å². The van der Waals surface area contributed by atoms with Gasteiger partial charge in [-0.15, -0.1) is 0 Å². The number of Topliss-reactive ketones (excluding diaryl/α,β-unsaturated/α-hetero) is 1. The molecule has 2 aromatic carbocycles. The van der Waals surface area contributed by atoms with Crippen molar-refractivity contribution in [2.24, 2.45) is 22.7 Å². The largest absolute Gasteiger partial charge is 0.457 e. The molecule has 49 heavy (non-hydrogen) atoms. The number of carbonyl (C=O) groups is 3. The summed E-state index contributed by atoms with van der Waals surface area (Å²) in [7, 11) is 0. The molecule has 8 atom stereocenters. The lowest BCUT2D eigenvalue weighted by Gasteiger charge is -2.61. The fourth-order valence-electron chi connectivity index (χ4n) is 9.69. The van der Waals surface area contributed by atoms with E-state index in [2.05, 4.69) is 5.32 Å². The van der Waals surface area contributed by atoms with Crippen LogP contribution in [0, 0.1) is 22.7 Å². The van der Waals surface area contributed by atoms with Crippen molar-refractivity contribution in [2.75, 3.05) is 11.9 Å². The van der Waals surface area contributed by atoms with Crippen molar-refractivity contribution in [3.05, 3.63) is 81.9 Å². The van der Waals surface area contributed by atoms with Crippen molar-refractivity contribution in [1.29, 1.82) is 0 Å². The number of carbonyl (C=O) groups excluding carboxylic acids is 3. The summed E-state index contributed by atoms with van der Waals surface area (Å²) >= 11 is 12.7. The van der Waals surface area contributed by atoms with Gasteiger partial charge in [0.2, 0.25) is 5.78 Å². The van der Waals surface area contributed by atoms with E-state index < -0.39 is 70.4 Å². The summed E-state index contributed by atoms with van der Waals surface area (Å²) in [6.45, 7) is 6.46. The number of ketones is 2. The average Bonchev–Trinajstić information content (AvgIpc) is 3.46. The van der Waals surface area contributed by atoms with Crippen molar-refractivity contribution in [2.45, 2.75) is 89.1 Å². The molecule has 0 amide bonds. The molecule has 0 radical (unpaired) electrons. The number of allylic oxidation sites excluding steroid dienone is 4. The van der Waals surface area contributed by atoms with E-state index in [1.54, 1.807) is 63.2 Å². The van der Waals surface area contributed by atoms with Gasteiger partial charge < -0.3 is 19.5 Å². The average molecular weight is 715 g/mol. The minimum absolute atomic E-state index is 0.0360. The highest BCUT2D eigenvalue weighted by Gasteiger charge is 2.78. The second-order valence-electron chi connectivity index (χ2n) is 15.0. The molecule has 1 saturated heterocycles. The predicted molar refractivity (Wildman–Crippen MR) is 181 cm³/mol. The summed E-state index contributed by atoms with van der Waals surface area (Å²) in [6, 6.07) is 12.2. The van der Waals surface area contributed by atoms with Gasteiger partial charge in [-0.2, -0.15) is 0 Å². The number of fused-ring (bicyclic) bond motifs is 7. The maximum Gasteiger partial charge on any atom is 0.310 e. The highest BCUT2D eigenvalue weighted by Crippen LogP contribution is 2.72. The Bertz CT molecular complexity index is 1790. The van der Waals surface area contributed by atoms with Crippen molar-refractivity contribution in [3.63, 3.8) is 0 Å². The molecule has 7 nitrogen and oxygen atoms in total. The molecule has 260 valence electrons. The van der Waals surface area contributed by atoms with Crippen LogP contribution in [0.3, 0.4) is 0 Å². The topological polar surface area (TPSA) is 90.9 Å². The monoisotopic (exact) mass is 713 g/mol. The summed E-state index contributed by atoms with van der Waals surface area (Å²) in [5.41, 5.74) is -3.74. The fourth-order valence-corrected chi connectivity index (χ4v) is 10.2. The zero-order chi connectivity index (χ0) is 35.1. The molecular formula is C38H39Cl2F2NO6. The van der Waals surface area contributed by atoms with Crippen molar-refractivity contribution in [1.82, 2.24) is 0 Å². The molecule has 2 aromatic rings. The number of ether oxygens (including phenoxy) is 3. The molecule has 1 N–H and O–H groups in total. The van der Waals surface area contributed by atoms with Crippen LogP contribution in [0.25, 0.3) is 0 Å². The van der Waals surface area contributed by atoms with Gasteiger partial charge in [-0.25, -0.2) is 8.78 Å². The number of benzene rings is 2. The third-order valence-electron chi connectivity index (χ3n) is 12.0. The number of nitrogens with one attached hydrogen (secondary N) is 1. The van der Waals surface area contributed by atoms with Gasteiger partial charge in [0.05, 0.1) is 28.3 Å². The van der Waals surface area contributed by atoms with Crippen LogP contribution < -0.4 is 5.32 Å². The molecule has 1 aliphatic heterocycles. The van der Waals surface area contributed by atoms with Crippen LogP contribution in [-0.2, 0) is 35.0 Å². The highest BCUT2D eigenvalue weighted by molar-refractivity contribution is 6.39. The Morgan fingerprint density at radius 1 is 1.00 bits per heavy atom. The Hall–Kier alpha value is -3.11. The molecule has 0 spiro atoms. The number of anilines is 2. The fraction of sp³-hybridized carbons (Fsp3) is 0.500. The van der Waals surface area contributed by atoms with Crippen LogP contribution in [0.2, 0.25) is 10.0 Å². The van der Waals surface area contributed by atoms with Gasteiger partial charge in [0.25, 0.3) is 0 Å². The zero-order valence-electron chi connectivity index (χ0n) is 27.8. The SMILES string of the molecule is CC1(C)O[C@@H]2CC3C4C[C@H](F)C5=CC(=O)C=CC5(C)[C@@]4(F)CCC3(C)[C@]2(C(=O)COC(=O)Cc2ccccc2Nc2c(Cl)cccc2Cl)O1. The van der Waals surface area contributed by atoms with Gasteiger partial charge >= 0.3 is 5.97 Å². The minimum Gasteiger partial charge on any atom is -0.457 e. The molecule has 4 fully saturated rings. The van der Waals surface area contributed by atoms with Crippen molar-refractivity contribution in [3.8, 4) is 0 Å². The van der Waals surface area contributed by atoms with Gasteiger partial charge in [-0.1, -0.05) is 60.5 Å². The Kier molecular flexibility index (Phi) is 8.22. The Labute approximate surface area is 294 Å². The van der Waals surface area contributed by atoms with Crippen molar-refractivity contribution < 1.29 is 37.4 Å².